The summed E-state index contributed by atoms with van der Waals surface area (Å²) in [5.41, 5.74) is -0.187. The first-order valence-corrected chi connectivity index (χ1v) is 8.08. The fourth-order valence-corrected chi connectivity index (χ4v) is 2.66. The molecule has 2 aromatic rings. The maximum absolute atomic E-state index is 13.5. The van der Waals surface area contributed by atoms with Crippen molar-refractivity contribution in [2.75, 3.05) is 17.7 Å². The lowest BCUT2D eigenvalue weighted by Gasteiger charge is -2.08. The fraction of sp³-hybridized carbons (Fsp3) is 0.188. The van der Waals surface area contributed by atoms with Gasteiger partial charge in [0.05, 0.1) is 23.3 Å². The normalized spacial score (nSPS) is 10.2. The summed E-state index contributed by atoms with van der Waals surface area (Å²) in [6, 6.07) is 10.3. The number of amides is 1. The number of thioether (sulfide) groups is 1. The van der Waals surface area contributed by atoms with Crippen molar-refractivity contribution >= 4 is 29.0 Å². The Labute approximate surface area is 142 Å². The molecule has 126 valence electrons. The number of nitrogens with one attached hydrogen (secondary N) is 1. The Morgan fingerprint density at radius 2 is 2.08 bits per heavy atom. The highest BCUT2D eigenvalue weighted by atomic mass is 32.2. The predicted octanol–water partition coefficient (Wildman–Crippen LogP) is 3.86. The van der Waals surface area contributed by atoms with Crippen molar-refractivity contribution in [3.8, 4) is 5.75 Å². The largest absolute Gasteiger partial charge is 0.494 e. The van der Waals surface area contributed by atoms with E-state index in [0.29, 0.717) is 17.3 Å². The molecule has 0 atom stereocenters. The van der Waals surface area contributed by atoms with Gasteiger partial charge >= 0.3 is 0 Å². The molecule has 0 heterocycles. The fourth-order valence-electron chi connectivity index (χ4n) is 1.92. The first-order chi connectivity index (χ1) is 11.5. The molecule has 0 saturated carbocycles. The Morgan fingerprint density at radius 1 is 1.33 bits per heavy atom. The monoisotopic (exact) mass is 350 g/mol. The zero-order valence-corrected chi connectivity index (χ0v) is 13.6. The van der Waals surface area contributed by atoms with E-state index >= 15 is 0 Å². The van der Waals surface area contributed by atoms with Gasteiger partial charge in [0.1, 0.15) is 17.3 Å². The summed E-state index contributed by atoms with van der Waals surface area (Å²) >= 11 is 1.02. The van der Waals surface area contributed by atoms with Crippen molar-refractivity contribution in [2.45, 2.75) is 11.8 Å². The first kappa shape index (κ1) is 17.7. The molecule has 2 aromatic carbocycles. The van der Waals surface area contributed by atoms with Crippen LogP contribution in [0.15, 0.2) is 47.4 Å². The maximum Gasteiger partial charge on any atom is 0.296 e. The van der Waals surface area contributed by atoms with Crippen molar-refractivity contribution in [1.82, 2.24) is 0 Å². The van der Waals surface area contributed by atoms with Crippen LogP contribution in [-0.2, 0) is 4.79 Å². The molecule has 24 heavy (non-hydrogen) atoms. The summed E-state index contributed by atoms with van der Waals surface area (Å²) in [5, 5.41) is 13.6. The summed E-state index contributed by atoms with van der Waals surface area (Å²) in [7, 11) is 0. The van der Waals surface area contributed by atoms with Crippen molar-refractivity contribution in [2.24, 2.45) is 0 Å². The Hall–Kier alpha value is -2.61. The van der Waals surface area contributed by atoms with Gasteiger partial charge in [-0.3, -0.25) is 14.9 Å². The molecule has 0 radical (unpaired) electrons. The SMILES string of the molecule is CCOc1ccc(NC(=O)CSc2ccccc2F)c([N+](=O)[O-])c1. The van der Waals surface area contributed by atoms with Crippen LogP contribution in [0.25, 0.3) is 0 Å². The van der Waals surface area contributed by atoms with Gasteiger partial charge in [-0.05, 0) is 31.2 Å². The molecule has 0 bridgehead atoms. The summed E-state index contributed by atoms with van der Waals surface area (Å²) in [4.78, 5) is 22.8. The minimum Gasteiger partial charge on any atom is -0.494 e. The lowest BCUT2D eigenvalue weighted by molar-refractivity contribution is -0.384. The van der Waals surface area contributed by atoms with Gasteiger partial charge in [0.25, 0.3) is 5.69 Å². The zero-order chi connectivity index (χ0) is 17.5. The number of nitro benzene ring substituents is 1. The quantitative estimate of drug-likeness (QED) is 0.466. The van der Waals surface area contributed by atoms with Crippen molar-refractivity contribution < 1.29 is 18.8 Å². The van der Waals surface area contributed by atoms with Gasteiger partial charge in [-0.25, -0.2) is 4.39 Å². The highest BCUT2D eigenvalue weighted by Crippen LogP contribution is 2.29. The molecule has 0 aromatic heterocycles. The standard InChI is InChI=1S/C16H15FN2O4S/c1-2-23-11-7-8-13(14(9-11)19(21)22)18-16(20)10-24-15-6-4-3-5-12(15)17/h3-9H,2,10H2,1H3,(H,18,20). The highest BCUT2D eigenvalue weighted by Gasteiger charge is 2.17. The summed E-state index contributed by atoms with van der Waals surface area (Å²) < 4.78 is 18.7. The number of carbonyl (C=O) groups excluding carboxylic acids is 1. The molecule has 0 saturated heterocycles. The molecular formula is C16H15FN2O4S. The maximum atomic E-state index is 13.5. The van der Waals surface area contributed by atoms with Crippen molar-refractivity contribution in [3.05, 3.63) is 58.4 Å². The van der Waals surface area contributed by atoms with Gasteiger partial charge in [-0.2, -0.15) is 0 Å². The minimum absolute atomic E-state index is 0.0642. The third kappa shape index (κ3) is 4.69. The van der Waals surface area contributed by atoms with Crippen LogP contribution in [0.5, 0.6) is 5.75 Å². The number of rotatable bonds is 7. The first-order valence-electron chi connectivity index (χ1n) is 7.09. The van der Waals surface area contributed by atoms with Crippen LogP contribution in [0.2, 0.25) is 0 Å². The van der Waals surface area contributed by atoms with E-state index in [-0.39, 0.29) is 17.1 Å². The van der Waals surface area contributed by atoms with Crippen LogP contribution in [0.4, 0.5) is 15.8 Å². The van der Waals surface area contributed by atoms with Gasteiger partial charge in [0.15, 0.2) is 0 Å². The molecule has 0 aliphatic carbocycles. The highest BCUT2D eigenvalue weighted by molar-refractivity contribution is 8.00. The number of carbonyl (C=O) groups is 1. The van der Waals surface area contributed by atoms with Gasteiger partial charge in [-0.1, -0.05) is 12.1 Å². The smallest absolute Gasteiger partial charge is 0.296 e. The number of hydrogen-bond donors (Lipinski definition) is 1. The van der Waals surface area contributed by atoms with E-state index in [9.17, 15) is 19.3 Å². The van der Waals surface area contributed by atoms with Crippen LogP contribution >= 0.6 is 11.8 Å². The second-order valence-corrected chi connectivity index (χ2v) is 5.65. The number of hydrogen-bond acceptors (Lipinski definition) is 5. The van der Waals surface area contributed by atoms with E-state index in [4.69, 9.17) is 4.74 Å². The molecule has 0 unspecified atom stereocenters. The second kappa shape index (κ2) is 8.30. The average molecular weight is 350 g/mol. The Kier molecular flexibility index (Phi) is 6.14. The number of nitro groups is 1. The molecule has 0 aliphatic rings. The Bertz CT molecular complexity index is 755. The van der Waals surface area contributed by atoms with E-state index in [0.717, 1.165) is 11.8 Å². The molecule has 8 heteroatoms. The molecular weight excluding hydrogens is 335 g/mol. The van der Waals surface area contributed by atoms with Gasteiger partial charge in [0, 0.05) is 4.90 Å². The lowest BCUT2D eigenvalue weighted by atomic mass is 10.2. The Morgan fingerprint density at radius 3 is 2.75 bits per heavy atom. The predicted molar refractivity (Wildman–Crippen MR) is 90.0 cm³/mol. The Balaban J connectivity index is 2.05. The molecule has 2 rings (SSSR count). The van der Waals surface area contributed by atoms with Crippen molar-refractivity contribution in [3.63, 3.8) is 0 Å². The second-order valence-electron chi connectivity index (χ2n) is 4.64. The third-order valence-electron chi connectivity index (χ3n) is 2.95. The molecule has 6 nitrogen and oxygen atoms in total. The molecule has 0 spiro atoms. The van der Waals surface area contributed by atoms with Gasteiger partial charge in [0.2, 0.25) is 5.91 Å². The number of benzene rings is 2. The minimum atomic E-state index is -0.595. The molecule has 0 aliphatic heterocycles. The van der Waals surface area contributed by atoms with Crippen LogP contribution in [0.1, 0.15) is 6.92 Å². The van der Waals surface area contributed by atoms with E-state index in [2.05, 4.69) is 5.32 Å². The van der Waals surface area contributed by atoms with Crippen LogP contribution in [0.3, 0.4) is 0 Å². The van der Waals surface area contributed by atoms with Crippen LogP contribution in [-0.4, -0.2) is 23.2 Å². The molecule has 1 amide bonds. The third-order valence-corrected chi connectivity index (χ3v) is 4.00. The van der Waals surface area contributed by atoms with E-state index in [1.807, 2.05) is 0 Å². The topological polar surface area (TPSA) is 81.5 Å². The van der Waals surface area contributed by atoms with E-state index in [1.54, 1.807) is 25.1 Å². The van der Waals surface area contributed by atoms with Gasteiger partial charge < -0.3 is 10.1 Å². The van der Waals surface area contributed by atoms with Gasteiger partial charge in [-0.15, -0.1) is 11.8 Å². The van der Waals surface area contributed by atoms with Crippen LogP contribution < -0.4 is 10.1 Å². The number of ether oxygens (including phenoxy) is 1. The summed E-state index contributed by atoms with van der Waals surface area (Å²) in [6.45, 7) is 2.14. The van der Waals surface area contributed by atoms with Crippen LogP contribution in [0, 0.1) is 15.9 Å². The van der Waals surface area contributed by atoms with Crippen molar-refractivity contribution in [1.29, 1.82) is 0 Å². The van der Waals surface area contributed by atoms with E-state index < -0.39 is 16.6 Å². The molecule has 1 N–H and O–H groups in total. The number of anilines is 1. The lowest BCUT2D eigenvalue weighted by Crippen LogP contribution is -2.15. The zero-order valence-electron chi connectivity index (χ0n) is 12.8. The summed E-state index contributed by atoms with van der Waals surface area (Å²) in [6.07, 6.45) is 0. The molecule has 0 fully saturated rings. The number of nitrogens with zero attached hydrogens (tertiary/aromatic N) is 1. The number of halogens is 1. The average Bonchev–Trinajstić information content (AvgIpc) is 2.55. The summed E-state index contributed by atoms with van der Waals surface area (Å²) in [5.74, 6) is -0.591. The van der Waals surface area contributed by atoms with E-state index in [1.165, 1.54) is 24.3 Å².